The van der Waals surface area contributed by atoms with Gasteiger partial charge in [-0.05, 0) is 99.6 Å². The van der Waals surface area contributed by atoms with Crippen molar-refractivity contribution in [3.05, 3.63) is 33.4 Å². The highest BCUT2D eigenvalue weighted by Gasteiger charge is 2.32. The van der Waals surface area contributed by atoms with Crippen molar-refractivity contribution in [3.63, 3.8) is 0 Å². The van der Waals surface area contributed by atoms with E-state index in [2.05, 4.69) is 41.5 Å². The van der Waals surface area contributed by atoms with Crippen molar-refractivity contribution in [3.8, 4) is 0 Å². The SMILES string of the molecule is CCCc1c(CC(C)[SiH](Cl)Cl)c(CC(C)[SiH](Cl)Cl)c(CC(C)[SiH](Cl)Cl)c(CC(C)[SiH](Cl)Cl)c1CC(C)[SiH](Cl)Cl. The minimum absolute atomic E-state index is 0.176. The second kappa shape index (κ2) is 19.7. The van der Waals surface area contributed by atoms with Crippen LogP contribution >= 0.6 is 111 Å². The molecule has 15 heteroatoms. The van der Waals surface area contributed by atoms with Crippen molar-refractivity contribution in [2.24, 2.45) is 0 Å². The van der Waals surface area contributed by atoms with Crippen LogP contribution in [0.3, 0.4) is 0 Å². The van der Waals surface area contributed by atoms with Gasteiger partial charge in [0.1, 0.15) is 0 Å². The van der Waals surface area contributed by atoms with Gasteiger partial charge in [-0.15, -0.1) is 0 Å². The molecule has 0 aliphatic rings. The molecule has 0 saturated carbocycles. The van der Waals surface area contributed by atoms with Crippen LogP contribution in [0.15, 0.2) is 0 Å². The fourth-order valence-electron chi connectivity index (χ4n) is 4.93. The third-order valence-corrected chi connectivity index (χ3v) is 25.9. The van der Waals surface area contributed by atoms with Crippen LogP contribution in [-0.2, 0) is 38.5 Å². The molecule has 1 aromatic carbocycles. The molecular weight excluding hydrogens is 783 g/mol. The fourth-order valence-corrected chi connectivity index (χ4v) is 9.67. The molecule has 5 unspecified atom stereocenters. The van der Waals surface area contributed by atoms with E-state index in [0.29, 0.717) is 0 Å². The van der Waals surface area contributed by atoms with Crippen LogP contribution in [0.1, 0.15) is 81.3 Å². The van der Waals surface area contributed by atoms with Crippen LogP contribution < -0.4 is 0 Å². The van der Waals surface area contributed by atoms with Gasteiger partial charge < -0.3 is 0 Å². The third kappa shape index (κ3) is 12.8. The van der Waals surface area contributed by atoms with E-state index >= 15 is 0 Å². The Morgan fingerprint density at radius 2 is 0.564 bits per heavy atom. The van der Waals surface area contributed by atoms with Gasteiger partial charge in [-0.3, -0.25) is 0 Å². The van der Waals surface area contributed by atoms with Gasteiger partial charge in [0.25, 0.3) is 0 Å². The van der Waals surface area contributed by atoms with Crippen molar-refractivity contribution < 1.29 is 0 Å². The normalized spacial score (nSPS) is 16.5. The lowest BCUT2D eigenvalue weighted by Gasteiger charge is -2.32. The Kier molecular flexibility index (Phi) is 20.3. The summed E-state index contributed by atoms with van der Waals surface area (Å²) >= 11 is 65.7. The lowest BCUT2D eigenvalue weighted by molar-refractivity contribution is 0.747. The first-order chi connectivity index (χ1) is 18.0. The summed E-state index contributed by atoms with van der Waals surface area (Å²) in [6.45, 7) is 13.0. The van der Waals surface area contributed by atoms with Crippen LogP contribution in [0, 0.1) is 0 Å². The molecule has 0 fully saturated rings. The Bertz CT molecular complexity index is 830. The smallest absolute Gasteiger partial charge is 0.150 e. The Morgan fingerprint density at radius 3 is 0.718 bits per heavy atom. The molecule has 5 atom stereocenters. The summed E-state index contributed by atoms with van der Waals surface area (Å²) in [6.07, 6.45) is 6.01. The molecule has 39 heavy (non-hydrogen) atoms. The van der Waals surface area contributed by atoms with Gasteiger partial charge in [0, 0.05) is 0 Å². The molecule has 228 valence electrons. The number of halogens is 10. The highest BCUT2D eigenvalue weighted by molar-refractivity contribution is 7.35. The van der Waals surface area contributed by atoms with Crippen LogP contribution in [0.4, 0.5) is 0 Å². The summed E-state index contributed by atoms with van der Waals surface area (Å²) in [7, 11) is -9.66. The molecule has 0 aliphatic carbocycles. The Labute approximate surface area is 292 Å². The second-order valence-corrected chi connectivity index (χ2v) is 37.7. The van der Waals surface area contributed by atoms with Crippen LogP contribution in [0.2, 0.25) is 27.7 Å². The summed E-state index contributed by atoms with van der Waals surface area (Å²) in [6, 6.07) is 0. The summed E-state index contributed by atoms with van der Waals surface area (Å²) in [5.74, 6) is 0. The van der Waals surface area contributed by atoms with Crippen molar-refractivity contribution in [2.75, 3.05) is 0 Å². The average molecular weight is 826 g/mol. The molecule has 0 saturated heterocycles. The first-order valence-electron chi connectivity index (χ1n) is 13.6. The Morgan fingerprint density at radius 1 is 0.385 bits per heavy atom. The van der Waals surface area contributed by atoms with Crippen molar-refractivity contribution in [1.82, 2.24) is 0 Å². The summed E-state index contributed by atoms with van der Waals surface area (Å²) in [4.78, 5) is 0. The third-order valence-electron chi connectivity index (χ3n) is 7.47. The van der Waals surface area contributed by atoms with E-state index in [4.69, 9.17) is 111 Å². The standard InChI is InChI=1S/C24H42Cl10Si5/c1-7-8-19-20(9-14(2)35(25)26)22(11-16(4)37(29)30)24(13-18(6)39(33)34)23(12-17(5)38(31)32)21(19)10-15(3)36(27)28/h14-18,35-39H,7-13H2,1-6H3. The van der Waals surface area contributed by atoms with Crippen molar-refractivity contribution in [1.29, 1.82) is 0 Å². The van der Waals surface area contributed by atoms with E-state index in [1.165, 1.54) is 33.4 Å². The Hall–Kier alpha value is 3.20. The predicted octanol–water partition coefficient (Wildman–Crippen LogP) is 10.8. The van der Waals surface area contributed by atoms with Gasteiger partial charge >= 0.3 is 0 Å². The molecule has 0 radical (unpaired) electrons. The highest BCUT2D eigenvalue weighted by Crippen LogP contribution is 2.42. The maximum atomic E-state index is 6.58. The van der Waals surface area contributed by atoms with E-state index in [1.807, 2.05) is 0 Å². The van der Waals surface area contributed by atoms with E-state index in [0.717, 1.165) is 44.9 Å². The highest BCUT2D eigenvalue weighted by atomic mass is 35.7. The lowest BCUT2D eigenvalue weighted by atomic mass is 9.78. The van der Waals surface area contributed by atoms with Gasteiger partial charge in [-0.1, -0.05) is 48.0 Å². The molecule has 1 aromatic rings. The zero-order chi connectivity index (χ0) is 30.2. The molecule has 0 aromatic heterocycles. The molecular formula is C24H42Cl10Si5. The molecule has 0 heterocycles. The zero-order valence-corrected chi connectivity index (χ0v) is 36.8. The van der Waals surface area contributed by atoms with Crippen LogP contribution in [0.5, 0.6) is 0 Å². The minimum Gasteiger partial charge on any atom is -0.150 e. The van der Waals surface area contributed by atoms with E-state index in [-0.39, 0.29) is 27.7 Å². The first kappa shape index (κ1) is 40.2. The van der Waals surface area contributed by atoms with Gasteiger partial charge in [-0.2, -0.15) is 111 Å². The quantitative estimate of drug-likeness (QED) is 0.108. The summed E-state index contributed by atoms with van der Waals surface area (Å²) in [5.41, 5.74) is 9.04. The van der Waals surface area contributed by atoms with Crippen molar-refractivity contribution >= 4 is 148 Å². The monoisotopic (exact) mass is 820 g/mol. The maximum absolute atomic E-state index is 6.58. The van der Waals surface area contributed by atoms with E-state index < -0.39 is 37.1 Å². The topological polar surface area (TPSA) is 0 Å². The summed E-state index contributed by atoms with van der Waals surface area (Å²) < 4.78 is 0. The average Bonchev–Trinajstić information content (AvgIpc) is 2.84. The molecule has 0 amide bonds. The zero-order valence-electron chi connectivity index (χ0n) is 23.5. The number of rotatable bonds is 17. The van der Waals surface area contributed by atoms with Gasteiger partial charge in [0.05, 0.1) is 0 Å². The molecule has 0 N–H and O–H groups in total. The molecule has 0 nitrogen and oxygen atoms in total. The van der Waals surface area contributed by atoms with Crippen LogP contribution in [0.25, 0.3) is 0 Å². The lowest BCUT2D eigenvalue weighted by Crippen LogP contribution is -2.23. The fraction of sp³-hybridized carbons (Fsp3) is 0.750. The second-order valence-electron chi connectivity index (χ2n) is 11.2. The molecule has 0 bridgehead atoms. The first-order valence-corrected chi connectivity index (χ1v) is 34.4. The van der Waals surface area contributed by atoms with Crippen LogP contribution in [-0.4, -0.2) is 37.1 Å². The summed E-state index contributed by atoms with van der Waals surface area (Å²) in [5, 5.41) is 0. The molecule has 0 aliphatic heterocycles. The number of hydrogen-bond donors (Lipinski definition) is 0. The molecule has 1 rings (SSSR count). The van der Waals surface area contributed by atoms with Gasteiger partial charge in [0.2, 0.25) is 37.1 Å². The van der Waals surface area contributed by atoms with E-state index in [1.54, 1.807) is 0 Å². The number of hydrogen-bond acceptors (Lipinski definition) is 0. The van der Waals surface area contributed by atoms with Gasteiger partial charge in [0.15, 0.2) is 0 Å². The minimum atomic E-state index is -1.95. The molecule has 0 spiro atoms. The van der Waals surface area contributed by atoms with Crippen molar-refractivity contribution in [2.45, 2.75) is 114 Å². The van der Waals surface area contributed by atoms with E-state index in [9.17, 15) is 0 Å². The number of benzene rings is 1. The predicted molar refractivity (Wildman–Crippen MR) is 200 cm³/mol. The van der Waals surface area contributed by atoms with Gasteiger partial charge in [-0.25, -0.2) is 0 Å². The largest absolute Gasteiger partial charge is 0.240 e. The Balaban J connectivity index is 4.28. The maximum Gasteiger partial charge on any atom is 0.240 e.